The molecule has 8 nitrogen and oxygen atoms in total. The molecule has 1 aliphatic heterocycles. The first kappa shape index (κ1) is 33.6. The van der Waals surface area contributed by atoms with Crippen molar-refractivity contribution in [3.8, 4) is 0 Å². The van der Waals surface area contributed by atoms with Crippen molar-refractivity contribution in [3.05, 3.63) is 120 Å². The molecule has 3 unspecified atom stereocenters. The predicted octanol–water partition coefficient (Wildman–Crippen LogP) is 4.86. The largest absolute Gasteiger partial charge is 0.463 e. The molecule has 3 aromatic carbocycles. The third kappa shape index (κ3) is 11.6. The van der Waals surface area contributed by atoms with Crippen LogP contribution in [0.5, 0.6) is 0 Å². The molecule has 0 saturated heterocycles. The first-order valence-electron chi connectivity index (χ1n) is 15.7. The summed E-state index contributed by atoms with van der Waals surface area (Å²) in [5, 5.41) is 12.7. The highest BCUT2D eigenvalue weighted by atomic mass is 16.5. The summed E-state index contributed by atoms with van der Waals surface area (Å²) < 4.78 is 11.7. The summed E-state index contributed by atoms with van der Waals surface area (Å²) in [6.07, 6.45) is 6.06. The second-order valence-electron chi connectivity index (χ2n) is 11.4. The standard InChI is InChI=1S/C37H44N2O6/c40-22-21-39(25-30-15-7-2-8-16-30)35(41)24-32-19-11-4-12-20-33(23-29-13-5-1-6-14-29)37(43)45-28-34(38-36(32)42)27-44-26-31-17-9-3-10-18-31/h1-11,13-18,32-34,40H,12,19-28H2,(H,38,42). The second-order valence-corrected chi connectivity index (χ2v) is 11.4. The van der Waals surface area contributed by atoms with Crippen molar-refractivity contribution in [1.29, 1.82) is 0 Å². The Morgan fingerprint density at radius 2 is 1.51 bits per heavy atom. The molecule has 3 atom stereocenters. The lowest BCUT2D eigenvalue weighted by molar-refractivity contribution is -0.150. The first-order chi connectivity index (χ1) is 22.0. The fourth-order valence-corrected chi connectivity index (χ4v) is 5.36. The van der Waals surface area contributed by atoms with Gasteiger partial charge in [-0.3, -0.25) is 14.4 Å². The third-order valence-electron chi connectivity index (χ3n) is 7.86. The van der Waals surface area contributed by atoms with Gasteiger partial charge in [-0.1, -0.05) is 103 Å². The monoisotopic (exact) mass is 612 g/mol. The highest BCUT2D eigenvalue weighted by molar-refractivity contribution is 5.86. The van der Waals surface area contributed by atoms with Crippen LogP contribution in [0, 0.1) is 11.8 Å². The van der Waals surface area contributed by atoms with Crippen LogP contribution >= 0.6 is 0 Å². The van der Waals surface area contributed by atoms with E-state index in [0.717, 1.165) is 16.7 Å². The molecule has 45 heavy (non-hydrogen) atoms. The van der Waals surface area contributed by atoms with E-state index in [-0.39, 0.29) is 56.5 Å². The number of rotatable bonds is 12. The Balaban J connectivity index is 1.48. The van der Waals surface area contributed by atoms with Gasteiger partial charge < -0.3 is 24.8 Å². The van der Waals surface area contributed by atoms with Crippen LogP contribution in [0.2, 0.25) is 0 Å². The quantitative estimate of drug-likeness (QED) is 0.224. The van der Waals surface area contributed by atoms with Crippen molar-refractivity contribution < 1.29 is 29.0 Å². The summed E-state index contributed by atoms with van der Waals surface area (Å²) in [4.78, 5) is 42.0. The molecule has 1 heterocycles. The van der Waals surface area contributed by atoms with E-state index in [0.29, 0.717) is 38.8 Å². The van der Waals surface area contributed by atoms with Crippen LogP contribution in [-0.2, 0) is 43.4 Å². The minimum atomic E-state index is -0.640. The maximum absolute atomic E-state index is 13.7. The van der Waals surface area contributed by atoms with Gasteiger partial charge in [-0.2, -0.15) is 0 Å². The topological polar surface area (TPSA) is 105 Å². The van der Waals surface area contributed by atoms with E-state index in [9.17, 15) is 19.5 Å². The maximum Gasteiger partial charge on any atom is 0.309 e. The van der Waals surface area contributed by atoms with Crippen molar-refractivity contribution in [2.75, 3.05) is 26.4 Å². The number of cyclic esters (lactones) is 1. The van der Waals surface area contributed by atoms with Gasteiger partial charge in [0.25, 0.3) is 0 Å². The Hall–Kier alpha value is -4.27. The molecule has 8 heteroatoms. The number of nitrogens with one attached hydrogen (secondary N) is 1. The van der Waals surface area contributed by atoms with Crippen LogP contribution in [0.3, 0.4) is 0 Å². The lowest BCUT2D eigenvalue weighted by Gasteiger charge is -2.26. The number of hydrogen-bond donors (Lipinski definition) is 2. The molecule has 2 amide bonds. The number of carbonyl (C=O) groups is 3. The molecule has 0 bridgehead atoms. The number of ether oxygens (including phenoxy) is 2. The minimum absolute atomic E-state index is 0.0168. The number of hydrogen-bond acceptors (Lipinski definition) is 6. The maximum atomic E-state index is 13.7. The first-order valence-corrected chi connectivity index (χ1v) is 15.7. The Kier molecular flexibility index (Phi) is 13.8. The van der Waals surface area contributed by atoms with E-state index in [1.54, 1.807) is 4.90 Å². The number of esters is 1. The van der Waals surface area contributed by atoms with Crippen LogP contribution in [0.25, 0.3) is 0 Å². The molecular weight excluding hydrogens is 568 g/mol. The molecule has 0 aliphatic carbocycles. The number of amides is 2. The SMILES string of the molecule is O=C1NC(COCc2ccccc2)COC(=O)C(Cc2ccccc2)CCC=CCC1CC(=O)N(CCO)Cc1ccccc1. The van der Waals surface area contributed by atoms with Gasteiger partial charge in [-0.15, -0.1) is 0 Å². The fraction of sp³-hybridized carbons (Fsp3) is 0.378. The van der Waals surface area contributed by atoms with Gasteiger partial charge in [0.2, 0.25) is 11.8 Å². The molecule has 0 aromatic heterocycles. The summed E-state index contributed by atoms with van der Waals surface area (Å²) in [6, 6.07) is 28.6. The van der Waals surface area contributed by atoms with Gasteiger partial charge >= 0.3 is 5.97 Å². The second kappa shape index (κ2) is 18.5. The van der Waals surface area contributed by atoms with Crippen LogP contribution < -0.4 is 5.32 Å². The fourth-order valence-electron chi connectivity index (χ4n) is 5.36. The zero-order valence-electron chi connectivity index (χ0n) is 25.8. The van der Waals surface area contributed by atoms with Gasteiger partial charge in [-0.05, 0) is 42.4 Å². The van der Waals surface area contributed by atoms with Gasteiger partial charge in [0, 0.05) is 19.5 Å². The van der Waals surface area contributed by atoms with Crippen molar-refractivity contribution in [2.24, 2.45) is 11.8 Å². The summed E-state index contributed by atoms with van der Waals surface area (Å²) in [7, 11) is 0. The zero-order chi connectivity index (χ0) is 31.7. The molecule has 2 N–H and O–H groups in total. The van der Waals surface area contributed by atoms with E-state index >= 15 is 0 Å². The highest BCUT2D eigenvalue weighted by Crippen LogP contribution is 2.20. The van der Waals surface area contributed by atoms with Crippen molar-refractivity contribution in [1.82, 2.24) is 10.2 Å². The number of nitrogens with zero attached hydrogens (tertiary/aromatic N) is 1. The van der Waals surface area contributed by atoms with Gasteiger partial charge in [0.15, 0.2) is 0 Å². The summed E-state index contributed by atoms with van der Waals surface area (Å²) in [5.41, 5.74) is 3.00. The number of aliphatic hydroxyl groups is 1. The molecule has 238 valence electrons. The third-order valence-corrected chi connectivity index (χ3v) is 7.86. The predicted molar refractivity (Wildman–Crippen MR) is 173 cm³/mol. The van der Waals surface area contributed by atoms with Gasteiger partial charge in [0.1, 0.15) is 6.61 Å². The Bertz CT molecular complexity index is 1350. The van der Waals surface area contributed by atoms with Crippen molar-refractivity contribution in [2.45, 2.75) is 51.3 Å². The minimum Gasteiger partial charge on any atom is -0.463 e. The average molecular weight is 613 g/mol. The van der Waals surface area contributed by atoms with E-state index in [2.05, 4.69) is 5.32 Å². The molecule has 0 spiro atoms. The van der Waals surface area contributed by atoms with Gasteiger partial charge in [-0.25, -0.2) is 0 Å². The van der Waals surface area contributed by atoms with Crippen LogP contribution in [-0.4, -0.2) is 60.2 Å². The summed E-state index contributed by atoms with van der Waals surface area (Å²) in [5.74, 6) is -1.79. The normalized spacial score (nSPS) is 19.4. The number of benzene rings is 3. The van der Waals surface area contributed by atoms with Crippen molar-refractivity contribution in [3.63, 3.8) is 0 Å². The van der Waals surface area contributed by atoms with Crippen molar-refractivity contribution >= 4 is 17.8 Å². The molecular formula is C37H44N2O6. The van der Waals surface area contributed by atoms with E-state index in [4.69, 9.17) is 9.47 Å². The molecule has 0 fully saturated rings. The molecule has 0 saturated carbocycles. The zero-order valence-corrected chi connectivity index (χ0v) is 25.8. The highest BCUT2D eigenvalue weighted by Gasteiger charge is 2.28. The Morgan fingerprint density at radius 3 is 2.18 bits per heavy atom. The van der Waals surface area contributed by atoms with Crippen LogP contribution in [0.1, 0.15) is 42.4 Å². The molecule has 3 aromatic rings. The number of aliphatic hydroxyl groups excluding tert-OH is 1. The smallest absolute Gasteiger partial charge is 0.309 e. The lowest BCUT2D eigenvalue weighted by Crippen LogP contribution is -2.46. The lowest BCUT2D eigenvalue weighted by atomic mass is 9.94. The molecule has 1 aliphatic rings. The Morgan fingerprint density at radius 1 is 0.867 bits per heavy atom. The van der Waals surface area contributed by atoms with Crippen LogP contribution in [0.4, 0.5) is 0 Å². The average Bonchev–Trinajstić information content (AvgIpc) is 3.07. The summed E-state index contributed by atoms with van der Waals surface area (Å²) >= 11 is 0. The van der Waals surface area contributed by atoms with Crippen LogP contribution in [0.15, 0.2) is 103 Å². The number of allylic oxidation sites excluding steroid dienone is 2. The number of carbonyl (C=O) groups excluding carboxylic acids is 3. The molecule has 4 rings (SSSR count). The van der Waals surface area contributed by atoms with E-state index < -0.39 is 12.0 Å². The Labute approximate surface area is 266 Å². The van der Waals surface area contributed by atoms with E-state index in [1.165, 1.54) is 0 Å². The van der Waals surface area contributed by atoms with E-state index in [1.807, 2.05) is 103 Å². The van der Waals surface area contributed by atoms with Gasteiger partial charge in [0.05, 0.1) is 37.7 Å². The summed E-state index contributed by atoms with van der Waals surface area (Å²) in [6.45, 7) is 0.789. The molecule has 0 radical (unpaired) electrons.